The Labute approximate surface area is 138 Å². The Kier molecular flexibility index (Phi) is 7.30. The molecule has 0 saturated heterocycles. The van der Waals surface area contributed by atoms with E-state index in [1.54, 1.807) is 24.3 Å². The predicted molar refractivity (Wildman–Crippen MR) is 89.0 cm³/mol. The zero-order valence-electron chi connectivity index (χ0n) is 12.4. The monoisotopic (exact) mass is 343 g/mol. The Morgan fingerprint density at radius 2 is 2.05 bits per heavy atom. The van der Waals surface area contributed by atoms with Gasteiger partial charge in [0, 0.05) is 6.04 Å². The predicted octanol–water partition coefficient (Wildman–Crippen LogP) is 1.92. The number of nitrogens with zero attached hydrogens (tertiary/aromatic N) is 1. The molecule has 3 N–H and O–H groups in total. The molecule has 2 atom stereocenters. The first kappa shape index (κ1) is 18.9. The normalized spacial score (nSPS) is 21.6. The molecule has 1 aromatic rings. The highest BCUT2D eigenvalue weighted by atomic mass is 35.5. The van der Waals surface area contributed by atoms with Crippen LogP contribution in [0, 0.1) is 17.2 Å². The van der Waals surface area contributed by atoms with Crippen molar-refractivity contribution in [1.82, 2.24) is 4.72 Å². The third-order valence-corrected chi connectivity index (χ3v) is 5.33. The van der Waals surface area contributed by atoms with E-state index in [0.717, 1.165) is 25.7 Å². The summed E-state index contributed by atoms with van der Waals surface area (Å²) in [5, 5.41) is 8.86. The number of hydrogen-bond acceptors (Lipinski definition) is 4. The summed E-state index contributed by atoms with van der Waals surface area (Å²) in [5.74, 6) is 0.120. The van der Waals surface area contributed by atoms with Crippen molar-refractivity contribution in [1.29, 1.82) is 5.26 Å². The second-order valence-electron chi connectivity index (χ2n) is 5.58. The first-order chi connectivity index (χ1) is 10.0. The average molecular weight is 344 g/mol. The van der Waals surface area contributed by atoms with E-state index >= 15 is 0 Å². The second-order valence-corrected chi connectivity index (χ2v) is 7.33. The molecule has 0 bridgehead atoms. The fourth-order valence-corrected chi connectivity index (χ4v) is 4.34. The fourth-order valence-electron chi connectivity index (χ4n) is 2.87. The van der Waals surface area contributed by atoms with E-state index in [1.165, 1.54) is 0 Å². The van der Waals surface area contributed by atoms with Gasteiger partial charge in [-0.25, -0.2) is 13.1 Å². The number of nitriles is 1. The van der Waals surface area contributed by atoms with E-state index in [9.17, 15) is 8.42 Å². The van der Waals surface area contributed by atoms with Gasteiger partial charge in [-0.2, -0.15) is 5.26 Å². The van der Waals surface area contributed by atoms with Crippen LogP contribution in [0.2, 0.25) is 0 Å². The van der Waals surface area contributed by atoms with Crippen LogP contribution < -0.4 is 10.5 Å². The van der Waals surface area contributed by atoms with Gasteiger partial charge in [-0.1, -0.05) is 25.0 Å². The number of nitrogens with two attached hydrogens (primary N) is 1. The van der Waals surface area contributed by atoms with Crippen LogP contribution >= 0.6 is 12.4 Å². The molecule has 0 aromatic heterocycles. The summed E-state index contributed by atoms with van der Waals surface area (Å²) < 4.78 is 27.4. The highest BCUT2D eigenvalue weighted by molar-refractivity contribution is 7.88. The third kappa shape index (κ3) is 5.25. The molecule has 1 aliphatic carbocycles. The lowest BCUT2D eigenvalue weighted by atomic mass is 9.85. The maximum Gasteiger partial charge on any atom is 0.216 e. The lowest BCUT2D eigenvalue weighted by Gasteiger charge is -2.31. The van der Waals surface area contributed by atoms with E-state index in [4.69, 9.17) is 11.0 Å². The summed E-state index contributed by atoms with van der Waals surface area (Å²) in [6.45, 7) is 0.511. The second kappa shape index (κ2) is 8.49. The molecule has 5 nitrogen and oxygen atoms in total. The summed E-state index contributed by atoms with van der Waals surface area (Å²) in [5.41, 5.74) is 6.83. The maximum absolute atomic E-state index is 12.3. The molecule has 1 aromatic carbocycles. The van der Waals surface area contributed by atoms with Gasteiger partial charge in [-0.15, -0.1) is 12.4 Å². The molecule has 2 rings (SSSR count). The van der Waals surface area contributed by atoms with Crippen molar-refractivity contribution < 1.29 is 8.42 Å². The summed E-state index contributed by atoms with van der Waals surface area (Å²) in [6, 6.07) is 8.65. The van der Waals surface area contributed by atoms with E-state index in [-0.39, 0.29) is 30.1 Å². The average Bonchev–Trinajstić information content (AvgIpc) is 2.47. The quantitative estimate of drug-likeness (QED) is 0.853. The maximum atomic E-state index is 12.3. The largest absolute Gasteiger partial charge is 0.330 e. The topological polar surface area (TPSA) is 96.0 Å². The zero-order chi connectivity index (χ0) is 15.3. The molecule has 0 amide bonds. The van der Waals surface area contributed by atoms with E-state index in [0.29, 0.717) is 17.7 Å². The number of rotatable bonds is 5. The van der Waals surface area contributed by atoms with Gasteiger partial charge in [0.15, 0.2) is 0 Å². The highest BCUT2D eigenvalue weighted by Crippen LogP contribution is 2.24. The standard InChI is InChI=1S/C15H21N3O2S.ClH/c16-9-12-4-3-5-13(8-12)11-21(19,20)18-15-7-2-1-6-14(15)10-17;/h3-5,8,14-15,18H,1-2,6-7,10-11,17H2;1H. The van der Waals surface area contributed by atoms with Gasteiger partial charge in [0.05, 0.1) is 17.4 Å². The van der Waals surface area contributed by atoms with Gasteiger partial charge < -0.3 is 5.73 Å². The van der Waals surface area contributed by atoms with Crippen molar-refractivity contribution in [2.24, 2.45) is 11.7 Å². The molecule has 0 heterocycles. The first-order valence-electron chi connectivity index (χ1n) is 7.23. The minimum Gasteiger partial charge on any atom is -0.330 e. The number of halogens is 1. The molecule has 7 heteroatoms. The van der Waals surface area contributed by atoms with Crippen LogP contribution in [0.5, 0.6) is 0 Å². The summed E-state index contributed by atoms with van der Waals surface area (Å²) in [4.78, 5) is 0. The molecular weight excluding hydrogens is 322 g/mol. The van der Waals surface area contributed by atoms with E-state index < -0.39 is 10.0 Å². The number of sulfonamides is 1. The van der Waals surface area contributed by atoms with Crippen molar-refractivity contribution in [2.75, 3.05) is 6.54 Å². The molecule has 0 aliphatic heterocycles. The van der Waals surface area contributed by atoms with Crippen molar-refractivity contribution in [2.45, 2.75) is 37.5 Å². The molecule has 1 fully saturated rings. The lowest BCUT2D eigenvalue weighted by molar-refractivity contribution is 0.296. The Morgan fingerprint density at radius 1 is 1.32 bits per heavy atom. The van der Waals surface area contributed by atoms with Gasteiger partial charge in [0.2, 0.25) is 10.0 Å². The highest BCUT2D eigenvalue weighted by Gasteiger charge is 2.27. The Balaban J connectivity index is 0.00000242. The van der Waals surface area contributed by atoms with Gasteiger partial charge >= 0.3 is 0 Å². The number of hydrogen-bond donors (Lipinski definition) is 2. The van der Waals surface area contributed by atoms with Crippen molar-refractivity contribution >= 4 is 22.4 Å². The minimum absolute atomic E-state index is 0. The van der Waals surface area contributed by atoms with Gasteiger partial charge in [-0.05, 0) is 43.0 Å². The fraction of sp³-hybridized carbons (Fsp3) is 0.533. The Morgan fingerprint density at radius 3 is 2.73 bits per heavy atom. The molecule has 0 spiro atoms. The van der Waals surface area contributed by atoms with Crippen LogP contribution in [0.4, 0.5) is 0 Å². The molecular formula is C15H22ClN3O2S. The Hall–Kier alpha value is -1.13. The van der Waals surface area contributed by atoms with Crippen LogP contribution in [0.15, 0.2) is 24.3 Å². The molecule has 1 aliphatic rings. The summed E-state index contributed by atoms with van der Waals surface area (Å²) in [7, 11) is -3.42. The lowest BCUT2D eigenvalue weighted by Crippen LogP contribution is -2.45. The van der Waals surface area contributed by atoms with Crippen molar-refractivity contribution in [3.8, 4) is 6.07 Å². The molecule has 2 unspecified atom stereocenters. The van der Waals surface area contributed by atoms with Crippen LogP contribution in [-0.4, -0.2) is 21.0 Å². The van der Waals surface area contributed by atoms with Gasteiger partial charge in [0.25, 0.3) is 0 Å². The Bertz CT molecular complexity index is 628. The molecule has 122 valence electrons. The van der Waals surface area contributed by atoms with Crippen LogP contribution in [-0.2, 0) is 15.8 Å². The SMILES string of the molecule is Cl.N#Cc1cccc(CS(=O)(=O)NC2CCCCC2CN)c1. The van der Waals surface area contributed by atoms with E-state index in [1.807, 2.05) is 6.07 Å². The number of nitrogens with one attached hydrogen (secondary N) is 1. The third-order valence-electron chi connectivity index (χ3n) is 3.96. The van der Waals surface area contributed by atoms with Crippen molar-refractivity contribution in [3.63, 3.8) is 0 Å². The summed E-state index contributed by atoms with van der Waals surface area (Å²) in [6.07, 6.45) is 3.98. The smallest absolute Gasteiger partial charge is 0.216 e. The van der Waals surface area contributed by atoms with Crippen LogP contribution in [0.1, 0.15) is 36.8 Å². The molecule has 1 saturated carbocycles. The molecule has 0 radical (unpaired) electrons. The van der Waals surface area contributed by atoms with E-state index in [2.05, 4.69) is 4.72 Å². The van der Waals surface area contributed by atoms with Gasteiger partial charge in [-0.3, -0.25) is 0 Å². The minimum atomic E-state index is -3.42. The summed E-state index contributed by atoms with van der Waals surface area (Å²) >= 11 is 0. The first-order valence-corrected chi connectivity index (χ1v) is 8.88. The van der Waals surface area contributed by atoms with Crippen molar-refractivity contribution in [3.05, 3.63) is 35.4 Å². The van der Waals surface area contributed by atoms with Gasteiger partial charge in [0.1, 0.15) is 0 Å². The number of benzene rings is 1. The van der Waals surface area contributed by atoms with Crippen LogP contribution in [0.25, 0.3) is 0 Å². The molecule has 22 heavy (non-hydrogen) atoms. The zero-order valence-corrected chi connectivity index (χ0v) is 14.0. The van der Waals surface area contributed by atoms with Crippen LogP contribution in [0.3, 0.4) is 0 Å².